The van der Waals surface area contributed by atoms with Crippen molar-refractivity contribution in [3.63, 3.8) is 0 Å². The number of hydrogen-bond donors (Lipinski definition) is 1. The Morgan fingerprint density at radius 3 is 2.94 bits per heavy atom. The molecule has 0 atom stereocenters. The lowest BCUT2D eigenvalue weighted by molar-refractivity contribution is 0.210. The molecule has 0 saturated carbocycles. The minimum absolute atomic E-state index is 0.478. The molecular weight excluding hydrogens is 230 g/mol. The predicted octanol–water partition coefficient (Wildman–Crippen LogP) is 1.19. The summed E-state index contributed by atoms with van der Waals surface area (Å²) in [5.41, 5.74) is 0. The van der Waals surface area contributed by atoms with Gasteiger partial charge in [0.05, 0.1) is 19.1 Å². The summed E-state index contributed by atoms with van der Waals surface area (Å²) < 4.78 is 4.97. The maximum absolute atomic E-state index is 8.58. The Kier molecular flexibility index (Phi) is 5.88. The SMILES string of the molecule is COCCNc1cc(N(C)CCC#N)nc(C)n1. The topological polar surface area (TPSA) is 74.1 Å². The van der Waals surface area contributed by atoms with Gasteiger partial charge in [-0.1, -0.05) is 0 Å². The molecule has 0 aromatic carbocycles. The molecule has 0 aliphatic carbocycles. The van der Waals surface area contributed by atoms with Crippen LogP contribution in [0.5, 0.6) is 0 Å². The van der Waals surface area contributed by atoms with Crippen LogP contribution in [0.1, 0.15) is 12.2 Å². The van der Waals surface area contributed by atoms with Crippen LogP contribution in [0.2, 0.25) is 0 Å². The summed E-state index contributed by atoms with van der Waals surface area (Å²) in [6, 6.07) is 4.00. The molecule has 0 unspecified atom stereocenters. The Bertz CT molecular complexity index is 415. The number of anilines is 2. The van der Waals surface area contributed by atoms with E-state index >= 15 is 0 Å². The minimum atomic E-state index is 0.478. The maximum Gasteiger partial charge on any atom is 0.134 e. The highest BCUT2D eigenvalue weighted by molar-refractivity contribution is 5.48. The van der Waals surface area contributed by atoms with Crippen molar-refractivity contribution in [1.82, 2.24) is 9.97 Å². The van der Waals surface area contributed by atoms with Crippen molar-refractivity contribution >= 4 is 11.6 Å². The Labute approximate surface area is 108 Å². The molecule has 1 rings (SSSR count). The van der Waals surface area contributed by atoms with E-state index in [0.717, 1.165) is 11.6 Å². The van der Waals surface area contributed by atoms with Crippen molar-refractivity contribution in [2.75, 3.05) is 44.1 Å². The number of aromatic nitrogens is 2. The van der Waals surface area contributed by atoms with Gasteiger partial charge in [0.2, 0.25) is 0 Å². The van der Waals surface area contributed by atoms with Crippen LogP contribution in [0.15, 0.2) is 6.07 Å². The van der Waals surface area contributed by atoms with Crippen LogP contribution in [0, 0.1) is 18.3 Å². The van der Waals surface area contributed by atoms with E-state index < -0.39 is 0 Å². The van der Waals surface area contributed by atoms with Gasteiger partial charge in [0.25, 0.3) is 0 Å². The molecule has 1 heterocycles. The molecule has 0 fully saturated rings. The maximum atomic E-state index is 8.58. The smallest absolute Gasteiger partial charge is 0.134 e. The number of ether oxygens (including phenoxy) is 1. The molecule has 6 nitrogen and oxygen atoms in total. The van der Waals surface area contributed by atoms with E-state index in [2.05, 4.69) is 21.4 Å². The molecule has 98 valence electrons. The molecule has 0 bridgehead atoms. The molecule has 1 N–H and O–H groups in total. The van der Waals surface area contributed by atoms with Gasteiger partial charge in [0, 0.05) is 33.3 Å². The highest BCUT2D eigenvalue weighted by atomic mass is 16.5. The van der Waals surface area contributed by atoms with Crippen molar-refractivity contribution in [2.24, 2.45) is 0 Å². The molecule has 6 heteroatoms. The van der Waals surface area contributed by atoms with E-state index in [1.54, 1.807) is 7.11 Å². The predicted molar refractivity (Wildman–Crippen MR) is 70.6 cm³/mol. The number of nitrogens with zero attached hydrogens (tertiary/aromatic N) is 4. The number of rotatable bonds is 7. The Balaban J connectivity index is 2.71. The van der Waals surface area contributed by atoms with Gasteiger partial charge in [-0.2, -0.15) is 5.26 Å². The molecule has 0 spiro atoms. The van der Waals surface area contributed by atoms with Crippen LogP contribution in [0.25, 0.3) is 0 Å². The average Bonchev–Trinajstić information content (AvgIpc) is 2.35. The van der Waals surface area contributed by atoms with Crippen LogP contribution < -0.4 is 10.2 Å². The van der Waals surface area contributed by atoms with E-state index in [4.69, 9.17) is 10.00 Å². The summed E-state index contributed by atoms with van der Waals surface area (Å²) in [7, 11) is 3.58. The first-order chi connectivity index (χ1) is 8.67. The normalized spacial score (nSPS) is 9.89. The van der Waals surface area contributed by atoms with Gasteiger partial charge in [-0.25, -0.2) is 9.97 Å². The summed E-state index contributed by atoms with van der Waals surface area (Å²) in [6.45, 7) is 3.84. The third kappa shape index (κ3) is 4.55. The van der Waals surface area contributed by atoms with Crippen molar-refractivity contribution in [3.8, 4) is 6.07 Å². The summed E-state index contributed by atoms with van der Waals surface area (Å²) in [4.78, 5) is 10.6. The fraction of sp³-hybridized carbons (Fsp3) is 0.583. The zero-order valence-corrected chi connectivity index (χ0v) is 11.1. The first-order valence-corrected chi connectivity index (χ1v) is 5.84. The summed E-state index contributed by atoms with van der Waals surface area (Å²) in [5.74, 6) is 2.30. The standard InChI is InChI=1S/C12H19N5O/c1-10-15-11(14-6-8-18-3)9-12(16-10)17(2)7-4-5-13/h9H,4,6-8H2,1-3H3,(H,14,15,16). The number of aryl methyl sites for hydroxylation is 1. The highest BCUT2D eigenvalue weighted by Gasteiger charge is 2.06. The molecule has 1 aromatic heterocycles. The van der Waals surface area contributed by atoms with Gasteiger partial charge in [0.15, 0.2) is 0 Å². The Hall–Kier alpha value is -1.87. The van der Waals surface area contributed by atoms with Crippen molar-refractivity contribution in [2.45, 2.75) is 13.3 Å². The fourth-order valence-electron chi connectivity index (χ4n) is 1.45. The van der Waals surface area contributed by atoms with E-state index in [9.17, 15) is 0 Å². The van der Waals surface area contributed by atoms with Gasteiger partial charge in [-0.15, -0.1) is 0 Å². The molecule has 0 radical (unpaired) electrons. The third-order valence-corrected chi connectivity index (χ3v) is 2.39. The summed E-state index contributed by atoms with van der Waals surface area (Å²) in [5, 5.41) is 11.7. The molecule has 0 aliphatic rings. The molecular formula is C12H19N5O. The average molecular weight is 249 g/mol. The second kappa shape index (κ2) is 7.45. The first kappa shape index (κ1) is 14.2. The third-order valence-electron chi connectivity index (χ3n) is 2.39. The van der Waals surface area contributed by atoms with Crippen LogP contribution >= 0.6 is 0 Å². The van der Waals surface area contributed by atoms with Gasteiger partial charge in [0.1, 0.15) is 17.5 Å². The zero-order chi connectivity index (χ0) is 13.4. The minimum Gasteiger partial charge on any atom is -0.383 e. The van der Waals surface area contributed by atoms with Crippen molar-refractivity contribution in [3.05, 3.63) is 11.9 Å². The molecule has 1 aromatic rings. The number of methoxy groups -OCH3 is 1. The zero-order valence-electron chi connectivity index (χ0n) is 11.1. The lowest BCUT2D eigenvalue weighted by Gasteiger charge is -2.17. The summed E-state index contributed by atoms with van der Waals surface area (Å²) >= 11 is 0. The molecule has 0 aliphatic heterocycles. The van der Waals surface area contributed by atoms with Gasteiger partial charge < -0.3 is 15.0 Å². The van der Waals surface area contributed by atoms with E-state index in [1.807, 2.05) is 24.9 Å². The van der Waals surface area contributed by atoms with Crippen LogP contribution in [-0.4, -0.2) is 43.8 Å². The second-order valence-electron chi connectivity index (χ2n) is 3.91. The van der Waals surface area contributed by atoms with Crippen LogP contribution in [0.4, 0.5) is 11.6 Å². The number of nitrogens with one attached hydrogen (secondary N) is 1. The monoisotopic (exact) mass is 249 g/mol. The van der Waals surface area contributed by atoms with E-state index in [-0.39, 0.29) is 0 Å². The highest BCUT2D eigenvalue weighted by Crippen LogP contribution is 2.14. The Morgan fingerprint density at radius 1 is 1.50 bits per heavy atom. The van der Waals surface area contributed by atoms with Gasteiger partial charge in [-0.3, -0.25) is 0 Å². The molecule has 0 amide bonds. The fourth-order valence-corrected chi connectivity index (χ4v) is 1.45. The number of nitriles is 1. The lowest BCUT2D eigenvalue weighted by atomic mass is 10.4. The van der Waals surface area contributed by atoms with Crippen molar-refractivity contribution in [1.29, 1.82) is 5.26 Å². The van der Waals surface area contributed by atoms with E-state index in [1.165, 1.54) is 0 Å². The van der Waals surface area contributed by atoms with Gasteiger partial charge in [-0.05, 0) is 6.92 Å². The first-order valence-electron chi connectivity index (χ1n) is 5.84. The van der Waals surface area contributed by atoms with E-state index in [0.29, 0.717) is 31.9 Å². The quantitative estimate of drug-likeness (QED) is 0.732. The largest absolute Gasteiger partial charge is 0.383 e. The Morgan fingerprint density at radius 2 is 2.28 bits per heavy atom. The molecule has 0 saturated heterocycles. The number of hydrogen-bond acceptors (Lipinski definition) is 6. The van der Waals surface area contributed by atoms with Crippen LogP contribution in [0.3, 0.4) is 0 Å². The lowest BCUT2D eigenvalue weighted by Crippen LogP contribution is -2.20. The second-order valence-corrected chi connectivity index (χ2v) is 3.91. The van der Waals surface area contributed by atoms with Crippen molar-refractivity contribution < 1.29 is 4.74 Å². The molecule has 18 heavy (non-hydrogen) atoms. The van der Waals surface area contributed by atoms with Crippen LogP contribution in [-0.2, 0) is 4.74 Å². The summed E-state index contributed by atoms with van der Waals surface area (Å²) in [6.07, 6.45) is 0.478. The van der Waals surface area contributed by atoms with Gasteiger partial charge >= 0.3 is 0 Å².